The molecule has 2 aromatic heterocycles. The van der Waals surface area contributed by atoms with E-state index in [2.05, 4.69) is 14.9 Å². The molecule has 0 aliphatic carbocycles. The van der Waals surface area contributed by atoms with Crippen molar-refractivity contribution in [2.24, 2.45) is 0 Å². The van der Waals surface area contributed by atoms with Crippen LogP contribution >= 0.6 is 0 Å². The van der Waals surface area contributed by atoms with Crippen LogP contribution < -0.4 is 10.6 Å². The van der Waals surface area contributed by atoms with E-state index >= 15 is 0 Å². The third-order valence-electron chi connectivity index (χ3n) is 3.34. The summed E-state index contributed by atoms with van der Waals surface area (Å²) < 4.78 is 5.33. The molecule has 0 aliphatic heterocycles. The van der Waals surface area contributed by atoms with Gasteiger partial charge in [-0.25, -0.2) is 4.98 Å². The van der Waals surface area contributed by atoms with Gasteiger partial charge in [0.05, 0.1) is 11.8 Å². The molecular weight excluding hydrogens is 252 g/mol. The second kappa shape index (κ2) is 4.85. The molecular formula is C15H16N4O. The standard InChI is InChI=1S/C15H16N4O/c1-10-11(7-8-20-10)9-19(2)14-12-5-3-4-6-13(12)17-15(16)18-14/h3-8H,9H2,1-2H3,(H2,16,17,18). The number of nitrogens with zero attached hydrogens (tertiary/aromatic N) is 3. The Morgan fingerprint density at radius 2 is 2.00 bits per heavy atom. The normalized spacial score (nSPS) is 10.9. The maximum absolute atomic E-state index is 5.80. The fourth-order valence-electron chi connectivity index (χ4n) is 2.27. The van der Waals surface area contributed by atoms with Crippen molar-refractivity contribution < 1.29 is 4.42 Å². The molecule has 0 saturated carbocycles. The highest BCUT2D eigenvalue weighted by Crippen LogP contribution is 2.25. The smallest absolute Gasteiger partial charge is 0.222 e. The summed E-state index contributed by atoms with van der Waals surface area (Å²) in [4.78, 5) is 10.7. The largest absolute Gasteiger partial charge is 0.469 e. The highest BCUT2D eigenvalue weighted by Gasteiger charge is 2.12. The summed E-state index contributed by atoms with van der Waals surface area (Å²) >= 11 is 0. The zero-order valence-electron chi connectivity index (χ0n) is 11.5. The Bertz CT molecular complexity index is 750. The number of fused-ring (bicyclic) bond motifs is 1. The van der Waals surface area contributed by atoms with Crippen molar-refractivity contribution in [3.63, 3.8) is 0 Å². The number of furan rings is 1. The monoisotopic (exact) mass is 268 g/mol. The SMILES string of the molecule is Cc1occc1CN(C)c1nc(N)nc2ccccc12. The molecule has 3 aromatic rings. The average molecular weight is 268 g/mol. The van der Waals surface area contributed by atoms with Gasteiger partial charge in [-0.05, 0) is 25.1 Å². The average Bonchev–Trinajstić information content (AvgIpc) is 2.83. The number of hydrogen-bond donors (Lipinski definition) is 1. The number of anilines is 2. The zero-order chi connectivity index (χ0) is 14.1. The molecule has 102 valence electrons. The molecule has 0 radical (unpaired) electrons. The molecule has 2 N–H and O–H groups in total. The lowest BCUT2D eigenvalue weighted by Gasteiger charge is -2.19. The minimum absolute atomic E-state index is 0.287. The van der Waals surface area contributed by atoms with Gasteiger partial charge in [0.15, 0.2) is 0 Å². The Hall–Kier alpha value is -2.56. The van der Waals surface area contributed by atoms with E-state index in [4.69, 9.17) is 10.2 Å². The van der Waals surface area contributed by atoms with Crippen LogP contribution in [0, 0.1) is 6.92 Å². The van der Waals surface area contributed by atoms with Crippen molar-refractivity contribution in [2.45, 2.75) is 13.5 Å². The van der Waals surface area contributed by atoms with Crippen LogP contribution in [0.15, 0.2) is 41.0 Å². The fourth-order valence-corrected chi connectivity index (χ4v) is 2.27. The number of nitrogen functional groups attached to an aromatic ring is 1. The quantitative estimate of drug-likeness (QED) is 0.791. The molecule has 3 rings (SSSR count). The van der Waals surface area contributed by atoms with E-state index in [1.54, 1.807) is 6.26 Å². The van der Waals surface area contributed by atoms with Gasteiger partial charge < -0.3 is 15.1 Å². The van der Waals surface area contributed by atoms with Crippen LogP contribution in [0.25, 0.3) is 10.9 Å². The molecule has 2 heterocycles. The first-order chi connectivity index (χ1) is 9.65. The van der Waals surface area contributed by atoms with Crippen LogP contribution in [0.5, 0.6) is 0 Å². The van der Waals surface area contributed by atoms with Crippen molar-refractivity contribution in [3.05, 3.63) is 47.9 Å². The third-order valence-corrected chi connectivity index (χ3v) is 3.34. The Balaban J connectivity index is 2.03. The lowest BCUT2D eigenvalue weighted by Crippen LogP contribution is -2.19. The van der Waals surface area contributed by atoms with E-state index in [9.17, 15) is 0 Å². The number of rotatable bonds is 3. The van der Waals surface area contributed by atoms with Gasteiger partial charge in [0.1, 0.15) is 11.6 Å². The number of benzene rings is 1. The van der Waals surface area contributed by atoms with Crippen LogP contribution in [-0.4, -0.2) is 17.0 Å². The molecule has 0 unspecified atom stereocenters. The van der Waals surface area contributed by atoms with Crippen LogP contribution in [0.3, 0.4) is 0 Å². The van der Waals surface area contributed by atoms with Crippen molar-refractivity contribution in [2.75, 3.05) is 17.7 Å². The first-order valence-electron chi connectivity index (χ1n) is 6.41. The van der Waals surface area contributed by atoms with E-state index in [1.165, 1.54) is 0 Å². The lowest BCUT2D eigenvalue weighted by atomic mass is 10.2. The molecule has 0 saturated heterocycles. The van der Waals surface area contributed by atoms with E-state index in [-0.39, 0.29) is 5.95 Å². The van der Waals surface area contributed by atoms with Crippen LogP contribution in [0.4, 0.5) is 11.8 Å². The fraction of sp³-hybridized carbons (Fsp3) is 0.200. The minimum atomic E-state index is 0.287. The summed E-state index contributed by atoms with van der Waals surface area (Å²) in [6.45, 7) is 2.67. The Labute approximate surface area is 117 Å². The molecule has 0 aliphatic rings. The molecule has 0 spiro atoms. The lowest BCUT2D eigenvalue weighted by molar-refractivity contribution is 0.529. The molecule has 5 nitrogen and oxygen atoms in total. The van der Waals surface area contributed by atoms with Crippen molar-refractivity contribution in [1.82, 2.24) is 9.97 Å². The predicted octanol–water partition coefficient (Wildman–Crippen LogP) is 2.75. The Morgan fingerprint density at radius 3 is 2.75 bits per heavy atom. The summed E-state index contributed by atoms with van der Waals surface area (Å²) in [7, 11) is 1.99. The van der Waals surface area contributed by atoms with Crippen LogP contribution in [0.1, 0.15) is 11.3 Å². The van der Waals surface area contributed by atoms with E-state index < -0.39 is 0 Å². The summed E-state index contributed by atoms with van der Waals surface area (Å²) in [6.07, 6.45) is 1.70. The molecule has 0 fully saturated rings. The Kier molecular flexibility index (Phi) is 3.02. The van der Waals surface area contributed by atoms with E-state index in [1.807, 2.05) is 44.3 Å². The summed E-state index contributed by atoms with van der Waals surface area (Å²) in [6, 6.07) is 9.83. The molecule has 20 heavy (non-hydrogen) atoms. The summed E-state index contributed by atoms with van der Waals surface area (Å²) in [5.41, 5.74) is 7.78. The van der Waals surface area contributed by atoms with Gasteiger partial charge in [-0.2, -0.15) is 4.98 Å². The minimum Gasteiger partial charge on any atom is -0.469 e. The summed E-state index contributed by atoms with van der Waals surface area (Å²) in [5, 5.41) is 0.991. The van der Waals surface area contributed by atoms with Crippen molar-refractivity contribution >= 4 is 22.7 Å². The molecule has 0 atom stereocenters. The van der Waals surface area contributed by atoms with Gasteiger partial charge in [-0.3, -0.25) is 0 Å². The van der Waals surface area contributed by atoms with Crippen LogP contribution in [-0.2, 0) is 6.54 Å². The van der Waals surface area contributed by atoms with Gasteiger partial charge >= 0.3 is 0 Å². The second-order valence-corrected chi connectivity index (χ2v) is 4.78. The van der Waals surface area contributed by atoms with E-state index in [0.29, 0.717) is 6.54 Å². The zero-order valence-corrected chi connectivity index (χ0v) is 11.5. The number of aromatic nitrogens is 2. The highest BCUT2D eigenvalue weighted by atomic mass is 16.3. The van der Waals surface area contributed by atoms with Gasteiger partial charge in [0, 0.05) is 24.5 Å². The molecule has 0 amide bonds. The van der Waals surface area contributed by atoms with Gasteiger partial charge in [0.2, 0.25) is 5.95 Å². The van der Waals surface area contributed by atoms with Gasteiger partial charge in [-0.1, -0.05) is 12.1 Å². The molecule has 1 aromatic carbocycles. The van der Waals surface area contributed by atoms with Crippen molar-refractivity contribution in [1.29, 1.82) is 0 Å². The van der Waals surface area contributed by atoms with Gasteiger partial charge in [0.25, 0.3) is 0 Å². The van der Waals surface area contributed by atoms with Crippen LogP contribution in [0.2, 0.25) is 0 Å². The number of aryl methyl sites for hydroxylation is 1. The second-order valence-electron chi connectivity index (χ2n) is 4.78. The summed E-state index contributed by atoms with van der Waals surface area (Å²) in [5.74, 6) is 2.03. The topological polar surface area (TPSA) is 68.2 Å². The van der Waals surface area contributed by atoms with E-state index in [0.717, 1.165) is 28.0 Å². The first kappa shape index (κ1) is 12.5. The predicted molar refractivity (Wildman–Crippen MR) is 79.5 cm³/mol. The number of para-hydroxylation sites is 1. The maximum atomic E-state index is 5.80. The highest BCUT2D eigenvalue weighted by molar-refractivity contribution is 5.90. The third kappa shape index (κ3) is 2.18. The van der Waals surface area contributed by atoms with Crippen molar-refractivity contribution in [3.8, 4) is 0 Å². The first-order valence-corrected chi connectivity index (χ1v) is 6.41. The molecule has 5 heteroatoms. The number of nitrogens with two attached hydrogens (primary N) is 1. The molecule has 0 bridgehead atoms. The van der Waals surface area contributed by atoms with Gasteiger partial charge in [-0.15, -0.1) is 0 Å². The number of hydrogen-bond acceptors (Lipinski definition) is 5. The Morgan fingerprint density at radius 1 is 1.20 bits per heavy atom. The maximum Gasteiger partial charge on any atom is 0.222 e.